The van der Waals surface area contributed by atoms with Crippen molar-refractivity contribution < 1.29 is 9.21 Å². The van der Waals surface area contributed by atoms with E-state index >= 15 is 0 Å². The van der Waals surface area contributed by atoms with Gasteiger partial charge in [0.2, 0.25) is 11.8 Å². The molecule has 1 N–H and O–H groups in total. The van der Waals surface area contributed by atoms with Gasteiger partial charge in [0.15, 0.2) is 5.76 Å². The maximum Gasteiger partial charge on any atom is 0.237 e. The highest BCUT2D eigenvalue weighted by Crippen LogP contribution is 2.26. The Morgan fingerprint density at radius 1 is 1.15 bits per heavy atom. The summed E-state index contributed by atoms with van der Waals surface area (Å²) in [6.45, 7) is 1.20. The fourth-order valence-corrected chi connectivity index (χ4v) is 3.46. The van der Waals surface area contributed by atoms with Crippen LogP contribution in [0.4, 0.5) is 0 Å². The first-order valence-electron chi connectivity index (χ1n) is 8.77. The molecule has 0 spiro atoms. The van der Waals surface area contributed by atoms with Crippen LogP contribution >= 0.6 is 0 Å². The van der Waals surface area contributed by atoms with Gasteiger partial charge in [-0.25, -0.2) is 4.98 Å². The normalized spacial score (nSPS) is 16.9. The van der Waals surface area contributed by atoms with Crippen LogP contribution in [0.2, 0.25) is 0 Å². The molecule has 0 saturated heterocycles. The second-order valence-corrected chi connectivity index (χ2v) is 6.49. The molecule has 0 fully saturated rings. The molecule has 0 bridgehead atoms. The largest absolute Gasteiger partial charge is 0.439 e. The third-order valence-electron chi connectivity index (χ3n) is 4.85. The number of nitrogens with zero attached hydrogens (tertiary/aromatic N) is 2. The SMILES string of the molecule is CNC(=O)[C@@H]1Cc2ccccc2CN1Cc1ncc(-c2ccccc2)o1. The summed E-state index contributed by atoms with van der Waals surface area (Å²) in [6.07, 6.45) is 2.44. The van der Waals surface area contributed by atoms with Crippen molar-refractivity contribution in [2.75, 3.05) is 7.05 Å². The summed E-state index contributed by atoms with van der Waals surface area (Å²) in [5, 5.41) is 2.78. The van der Waals surface area contributed by atoms with E-state index in [1.807, 2.05) is 42.5 Å². The molecule has 0 radical (unpaired) electrons. The van der Waals surface area contributed by atoms with Crippen LogP contribution in [0.5, 0.6) is 0 Å². The molecule has 1 amide bonds. The van der Waals surface area contributed by atoms with Gasteiger partial charge in [-0.15, -0.1) is 0 Å². The van der Waals surface area contributed by atoms with Gasteiger partial charge in [0.05, 0.1) is 18.8 Å². The third-order valence-corrected chi connectivity index (χ3v) is 4.85. The summed E-state index contributed by atoms with van der Waals surface area (Å²) in [5.41, 5.74) is 3.48. The zero-order valence-electron chi connectivity index (χ0n) is 14.7. The van der Waals surface area contributed by atoms with Crippen LogP contribution in [0.15, 0.2) is 65.2 Å². The van der Waals surface area contributed by atoms with E-state index in [9.17, 15) is 4.79 Å². The number of carbonyl (C=O) groups is 1. The smallest absolute Gasteiger partial charge is 0.237 e. The maximum atomic E-state index is 12.4. The maximum absolute atomic E-state index is 12.4. The van der Waals surface area contributed by atoms with Crippen LogP contribution in [-0.2, 0) is 24.3 Å². The topological polar surface area (TPSA) is 58.4 Å². The fraction of sp³-hybridized carbons (Fsp3) is 0.238. The standard InChI is InChI=1S/C21H21N3O2/c1-22-21(25)18-11-16-9-5-6-10-17(16)13-24(18)14-20-23-12-19(26-20)15-7-3-2-4-8-15/h2-10,12,18H,11,13-14H2,1H3,(H,22,25)/t18-/m0/s1. The van der Waals surface area contributed by atoms with E-state index in [0.29, 0.717) is 25.4 Å². The molecule has 0 saturated carbocycles. The number of carbonyl (C=O) groups excluding carboxylic acids is 1. The fourth-order valence-electron chi connectivity index (χ4n) is 3.46. The number of amides is 1. The summed E-state index contributed by atoms with van der Waals surface area (Å²) in [4.78, 5) is 18.9. The summed E-state index contributed by atoms with van der Waals surface area (Å²) in [5.74, 6) is 1.39. The van der Waals surface area contributed by atoms with Gasteiger partial charge in [-0.3, -0.25) is 9.69 Å². The lowest BCUT2D eigenvalue weighted by Gasteiger charge is -2.34. The summed E-state index contributed by atoms with van der Waals surface area (Å²) in [7, 11) is 1.68. The highest BCUT2D eigenvalue weighted by Gasteiger charge is 2.31. The van der Waals surface area contributed by atoms with Crippen molar-refractivity contribution in [2.24, 2.45) is 0 Å². The molecule has 1 aliphatic heterocycles. The highest BCUT2D eigenvalue weighted by atomic mass is 16.4. The predicted molar refractivity (Wildman–Crippen MR) is 99.2 cm³/mol. The zero-order valence-corrected chi connectivity index (χ0v) is 14.7. The number of hydrogen-bond acceptors (Lipinski definition) is 4. The quantitative estimate of drug-likeness (QED) is 0.788. The molecular formula is C21H21N3O2. The van der Waals surface area contributed by atoms with Gasteiger partial charge >= 0.3 is 0 Å². The van der Waals surface area contributed by atoms with E-state index in [2.05, 4.69) is 27.3 Å². The molecule has 0 unspecified atom stereocenters. The van der Waals surface area contributed by atoms with Crippen molar-refractivity contribution in [3.63, 3.8) is 0 Å². The number of nitrogens with one attached hydrogen (secondary N) is 1. The molecule has 26 heavy (non-hydrogen) atoms. The van der Waals surface area contributed by atoms with Crippen LogP contribution in [0.3, 0.4) is 0 Å². The average Bonchev–Trinajstić information content (AvgIpc) is 3.16. The molecule has 3 aromatic rings. The number of benzene rings is 2. The first kappa shape index (κ1) is 16.5. The van der Waals surface area contributed by atoms with E-state index in [1.165, 1.54) is 11.1 Å². The zero-order chi connectivity index (χ0) is 17.9. The number of likely N-dealkylation sites (N-methyl/N-ethyl adjacent to an activating group) is 1. The molecule has 0 aliphatic carbocycles. The minimum atomic E-state index is -0.220. The Morgan fingerprint density at radius 3 is 2.65 bits per heavy atom. The average molecular weight is 347 g/mol. The van der Waals surface area contributed by atoms with Gasteiger partial charge < -0.3 is 9.73 Å². The summed E-state index contributed by atoms with van der Waals surface area (Å²) >= 11 is 0. The molecule has 2 heterocycles. The Balaban J connectivity index is 1.58. The monoisotopic (exact) mass is 347 g/mol. The van der Waals surface area contributed by atoms with Crippen LogP contribution in [0.25, 0.3) is 11.3 Å². The number of hydrogen-bond donors (Lipinski definition) is 1. The Kier molecular flexibility index (Phi) is 4.54. The van der Waals surface area contributed by atoms with Crippen molar-refractivity contribution in [3.05, 3.63) is 77.8 Å². The Morgan fingerprint density at radius 2 is 1.88 bits per heavy atom. The molecule has 5 nitrogen and oxygen atoms in total. The summed E-state index contributed by atoms with van der Waals surface area (Å²) in [6, 6.07) is 18.0. The molecule has 5 heteroatoms. The van der Waals surface area contributed by atoms with Gasteiger partial charge in [-0.05, 0) is 17.5 Å². The van der Waals surface area contributed by atoms with Crippen molar-refractivity contribution in [3.8, 4) is 11.3 Å². The number of oxazole rings is 1. The van der Waals surface area contributed by atoms with Gasteiger partial charge in [0.1, 0.15) is 0 Å². The molecular weight excluding hydrogens is 326 g/mol. The Bertz CT molecular complexity index is 904. The lowest BCUT2D eigenvalue weighted by Crippen LogP contribution is -2.49. The van der Waals surface area contributed by atoms with Crippen LogP contribution < -0.4 is 5.32 Å². The van der Waals surface area contributed by atoms with Gasteiger partial charge in [0.25, 0.3) is 0 Å². The van der Waals surface area contributed by atoms with E-state index in [-0.39, 0.29) is 11.9 Å². The van der Waals surface area contributed by atoms with Crippen molar-refractivity contribution in [2.45, 2.75) is 25.6 Å². The number of aromatic nitrogens is 1. The van der Waals surface area contributed by atoms with Crippen molar-refractivity contribution >= 4 is 5.91 Å². The van der Waals surface area contributed by atoms with E-state index in [1.54, 1.807) is 13.2 Å². The predicted octanol–water partition coefficient (Wildman–Crippen LogP) is 3.01. The van der Waals surface area contributed by atoms with Crippen molar-refractivity contribution in [1.29, 1.82) is 0 Å². The second kappa shape index (κ2) is 7.14. The molecule has 132 valence electrons. The first-order valence-corrected chi connectivity index (χ1v) is 8.77. The molecule has 4 rings (SSSR count). The molecule has 2 aromatic carbocycles. The lowest BCUT2D eigenvalue weighted by atomic mass is 9.93. The number of rotatable bonds is 4. The second-order valence-electron chi connectivity index (χ2n) is 6.49. The lowest BCUT2D eigenvalue weighted by molar-refractivity contribution is -0.126. The highest BCUT2D eigenvalue weighted by molar-refractivity contribution is 5.82. The van der Waals surface area contributed by atoms with Crippen LogP contribution in [0.1, 0.15) is 17.0 Å². The first-order chi connectivity index (χ1) is 12.7. The minimum absolute atomic E-state index is 0.0225. The Hall–Kier alpha value is -2.92. The van der Waals surface area contributed by atoms with E-state index in [0.717, 1.165) is 11.3 Å². The van der Waals surface area contributed by atoms with Crippen LogP contribution in [0, 0.1) is 0 Å². The van der Waals surface area contributed by atoms with Crippen molar-refractivity contribution in [1.82, 2.24) is 15.2 Å². The minimum Gasteiger partial charge on any atom is -0.439 e. The van der Waals surface area contributed by atoms with Gasteiger partial charge in [-0.1, -0.05) is 54.6 Å². The summed E-state index contributed by atoms with van der Waals surface area (Å²) < 4.78 is 5.94. The number of fused-ring (bicyclic) bond motifs is 1. The third kappa shape index (κ3) is 3.26. The van der Waals surface area contributed by atoms with Gasteiger partial charge in [-0.2, -0.15) is 0 Å². The van der Waals surface area contributed by atoms with Crippen LogP contribution in [-0.4, -0.2) is 28.9 Å². The Labute approximate surface area is 152 Å². The van der Waals surface area contributed by atoms with E-state index < -0.39 is 0 Å². The molecule has 1 aromatic heterocycles. The van der Waals surface area contributed by atoms with Gasteiger partial charge in [0, 0.05) is 19.2 Å². The van der Waals surface area contributed by atoms with E-state index in [4.69, 9.17) is 4.42 Å². The molecule has 1 atom stereocenters. The molecule has 1 aliphatic rings.